The van der Waals surface area contributed by atoms with Crippen molar-refractivity contribution >= 4 is 17.5 Å². The molecule has 90 valence electrons. The van der Waals surface area contributed by atoms with Gasteiger partial charge in [-0.05, 0) is 37.1 Å². The third kappa shape index (κ3) is 3.04. The molecule has 5 nitrogen and oxygen atoms in total. The predicted molar refractivity (Wildman–Crippen MR) is 62.3 cm³/mol. The lowest BCUT2D eigenvalue weighted by molar-refractivity contribution is -0.117. The largest absolute Gasteiger partial charge is 0.326 e. The van der Waals surface area contributed by atoms with E-state index in [1.807, 2.05) is 0 Å². The van der Waals surface area contributed by atoms with Crippen LogP contribution in [0.1, 0.15) is 23.2 Å². The van der Waals surface area contributed by atoms with E-state index in [4.69, 9.17) is 0 Å². The van der Waals surface area contributed by atoms with Crippen molar-refractivity contribution in [2.75, 3.05) is 12.4 Å². The van der Waals surface area contributed by atoms with Crippen LogP contribution in [0, 0.1) is 5.92 Å². The Kier molecular flexibility index (Phi) is 3.39. The van der Waals surface area contributed by atoms with Crippen molar-refractivity contribution in [2.24, 2.45) is 5.92 Å². The Morgan fingerprint density at radius 1 is 1.24 bits per heavy atom. The maximum absolute atomic E-state index is 11.5. The van der Waals surface area contributed by atoms with Crippen molar-refractivity contribution < 1.29 is 14.4 Å². The molecule has 17 heavy (non-hydrogen) atoms. The third-order valence-corrected chi connectivity index (χ3v) is 2.56. The highest BCUT2D eigenvalue weighted by molar-refractivity contribution is 5.96. The molecule has 0 bridgehead atoms. The number of nitrogens with one attached hydrogen (secondary N) is 2. The molecule has 1 aliphatic carbocycles. The molecule has 2 rings (SSSR count). The first-order valence-corrected chi connectivity index (χ1v) is 5.45. The lowest BCUT2D eigenvalue weighted by Crippen LogP contribution is -2.21. The Morgan fingerprint density at radius 2 is 1.88 bits per heavy atom. The van der Waals surface area contributed by atoms with Gasteiger partial charge in [-0.2, -0.15) is 0 Å². The molecule has 1 fully saturated rings. The van der Waals surface area contributed by atoms with Crippen LogP contribution < -0.4 is 10.8 Å². The number of hydroxylamine groups is 1. The fourth-order valence-electron chi connectivity index (χ4n) is 1.45. The summed E-state index contributed by atoms with van der Waals surface area (Å²) in [6, 6.07) is 6.67. The molecule has 0 aliphatic heterocycles. The standard InChI is InChI=1S/C12H14N2O3/c1-17-14-12(16)9-4-6-10(7-5-9)13-11(15)8-2-3-8/h4-8H,2-3H2,1H3,(H,13,15)(H,14,16). The molecule has 0 atom stereocenters. The Balaban J connectivity index is 1.97. The highest BCUT2D eigenvalue weighted by Gasteiger charge is 2.29. The van der Waals surface area contributed by atoms with Crippen LogP contribution in [0.2, 0.25) is 0 Å². The Morgan fingerprint density at radius 3 is 2.41 bits per heavy atom. The van der Waals surface area contributed by atoms with Gasteiger partial charge in [-0.25, -0.2) is 5.48 Å². The summed E-state index contributed by atoms with van der Waals surface area (Å²) in [6.07, 6.45) is 1.94. The molecule has 1 saturated carbocycles. The molecule has 1 aliphatic rings. The molecule has 0 unspecified atom stereocenters. The number of carbonyl (C=O) groups is 2. The number of hydrogen-bond donors (Lipinski definition) is 2. The molecule has 0 spiro atoms. The minimum atomic E-state index is -0.312. The van der Waals surface area contributed by atoms with Crippen LogP contribution in [0.4, 0.5) is 5.69 Å². The van der Waals surface area contributed by atoms with Crippen LogP contribution in [-0.2, 0) is 9.63 Å². The van der Waals surface area contributed by atoms with Crippen LogP contribution >= 0.6 is 0 Å². The lowest BCUT2D eigenvalue weighted by Gasteiger charge is -2.05. The van der Waals surface area contributed by atoms with E-state index in [-0.39, 0.29) is 17.7 Å². The zero-order valence-electron chi connectivity index (χ0n) is 9.53. The summed E-state index contributed by atoms with van der Waals surface area (Å²) in [5.41, 5.74) is 3.41. The number of benzene rings is 1. The zero-order chi connectivity index (χ0) is 12.3. The second kappa shape index (κ2) is 4.97. The van der Waals surface area contributed by atoms with Crippen molar-refractivity contribution in [1.82, 2.24) is 5.48 Å². The van der Waals surface area contributed by atoms with E-state index in [1.54, 1.807) is 24.3 Å². The summed E-state index contributed by atoms with van der Waals surface area (Å²) in [7, 11) is 1.38. The third-order valence-electron chi connectivity index (χ3n) is 2.56. The van der Waals surface area contributed by atoms with Crippen LogP contribution in [-0.4, -0.2) is 18.9 Å². The molecule has 0 aromatic heterocycles. The molecule has 1 aromatic rings. The topological polar surface area (TPSA) is 67.4 Å². The van der Waals surface area contributed by atoms with Gasteiger partial charge in [0.25, 0.3) is 5.91 Å². The van der Waals surface area contributed by atoms with E-state index < -0.39 is 0 Å². The van der Waals surface area contributed by atoms with Crippen LogP contribution in [0.3, 0.4) is 0 Å². The highest BCUT2D eigenvalue weighted by Crippen LogP contribution is 2.30. The smallest absolute Gasteiger partial charge is 0.274 e. The Labute approximate surface area is 99.1 Å². The van der Waals surface area contributed by atoms with Crippen LogP contribution in [0.5, 0.6) is 0 Å². The van der Waals surface area contributed by atoms with Crippen molar-refractivity contribution in [2.45, 2.75) is 12.8 Å². The fourth-order valence-corrected chi connectivity index (χ4v) is 1.45. The first-order chi connectivity index (χ1) is 8.20. The van der Waals surface area contributed by atoms with Gasteiger partial charge in [0.05, 0.1) is 7.11 Å². The molecule has 0 radical (unpaired) electrons. The van der Waals surface area contributed by atoms with E-state index in [1.165, 1.54) is 7.11 Å². The van der Waals surface area contributed by atoms with Crippen molar-refractivity contribution in [3.05, 3.63) is 29.8 Å². The van der Waals surface area contributed by atoms with Gasteiger partial charge in [-0.15, -0.1) is 0 Å². The number of carbonyl (C=O) groups excluding carboxylic acids is 2. The summed E-state index contributed by atoms with van der Waals surface area (Å²) < 4.78 is 0. The molecule has 5 heteroatoms. The second-order valence-corrected chi connectivity index (χ2v) is 3.98. The van der Waals surface area contributed by atoms with Crippen LogP contribution in [0.25, 0.3) is 0 Å². The summed E-state index contributed by atoms with van der Waals surface area (Å²) in [5, 5.41) is 2.80. The summed E-state index contributed by atoms with van der Waals surface area (Å²) in [5.74, 6) is -0.0851. The molecular weight excluding hydrogens is 220 g/mol. The van der Waals surface area contributed by atoms with Gasteiger partial charge < -0.3 is 5.32 Å². The molecule has 0 saturated heterocycles. The van der Waals surface area contributed by atoms with Gasteiger partial charge in [0.2, 0.25) is 5.91 Å². The monoisotopic (exact) mass is 234 g/mol. The Hall–Kier alpha value is -1.88. The van der Waals surface area contributed by atoms with Crippen LogP contribution in [0.15, 0.2) is 24.3 Å². The highest BCUT2D eigenvalue weighted by atomic mass is 16.6. The van der Waals surface area contributed by atoms with E-state index in [0.29, 0.717) is 11.3 Å². The van der Waals surface area contributed by atoms with Gasteiger partial charge >= 0.3 is 0 Å². The summed E-state index contributed by atoms with van der Waals surface area (Å²) in [6.45, 7) is 0. The zero-order valence-corrected chi connectivity index (χ0v) is 9.53. The Bertz CT molecular complexity index is 424. The minimum absolute atomic E-state index is 0.0547. The molecule has 0 heterocycles. The van der Waals surface area contributed by atoms with E-state index in [9.17, 15) is 9.59 Å². The fraction of sp³-hybridized carbons (Fsp3) is 0.333. The van der Waals surface area contributed by atoms with Gasteiger partial charge in [0.1, 0.15) is 0 Å². The average Bonchev–Trinajstić information content (AvgIpc) is 3.14. The van der Waals surface area contributed by atoms with Crippen molar-refractivity contribution in [3.63, 3.8) is 0 Å². The lowest BCUT2D eigenvalue weighted by atomic mass is 10.2. The first kappa shape index (κ1) is 11.6. The summed E-state index contributed by atoms with van der Waals surface area (Å²) >= 11 is 0. The number of hydrogen-bond acceptors (Lipinski definition) is 3. The van der Waals surface area contributed by atoms with Gasteiger partial charge in [-0.3, -0.25) is 14.4 Å². The van der Waals surface area contributed by atoms with Crippen molar-refractivity contribution in [3.8, 4) is 0 Å². The normalized spacial score (nSPS) is 14.2. The molecule has 2 N–H and O–H groups in total. The molecule has 1 aromatic carbocycles. The molecular formula is C12H14N2O3. The molecule has 2 amide bonds. The van der Waals surface area contributed by atoms with Gasteiger partial charge in [0, 0.05) is 17.2 Å². The first-order valence-electron chi connectivity index (χ1n) is 5.45. The maximum Gasteiger partial charge on any atom is 0.274 e. The second-order valence-electron chi connectivity index (χ2n) is 3.98. The number of rotatable bonds is 4. The quantitative estimate of drug-likeness (QED) is 0.772. The maximum atomic E-state index is 11.5. The van der Waals surface area contributed by atoms with E-state index in [2.05, 4.69) is 15.6 Å². The average molecular weight is 234 g/mol. The van der Waals surface area contributed by atoms with E-state index >= 15 is 0 Å². The van der Waals surface area contributed by atoms with Gasteiger partial charge in [-0.1, -0.05) is 0 Å². The minimum Gasteiger partial charge on any atom is -0.326 e. The SMILES string of the molecule is CONC(=O)c1ccc(NC(=O)C2CC2)cc1. The van der Waals surface area contributed by atoms with Crippen molar-refractivity contribution in [1.29, 1.82) is 0 Å². The van der Waals surface area contributed by atoms with E-state index in [0.717, 1.165) is 12.8 Å². The predicted octanol–water partition coefficient (Wildman–Crippen LogP) is 1.33. The number of amides is 2. The van der Waals surface area contributed by atoms with Gasteiger partial charge in [0.15, 0.2) is 0 Å². The summed E-state index contributed by atoms with van der Waals surface area (Å²) in [4.78, 5) is 27.4. The number of anilines is 1.